The predicted molar refractivity (Wildman–Crippen MR) is 76.5 cm³/mol. The number of guanidine groups is 1. The van der Waals surface area contributed by atoms with Crippen molar-refractivity contribution in [2.45, 2.75) is 26.1 Å². The number of halogens is 3. The van der Waals surface area contributed by atoms with Crippen LogP contribution in [0.25, 0.3) is 0 Å². The lowest BCUT2D eigenvalue weighted by atomic mass is 10.2. The van der Waals surface area contributed by atoms with E-state index in [2.05, 4.69) is 15.6 Å². The molecule has 0 spiro atoms. The van der Waals surface area contributed by atoms with Crippen molar-refractivity contribution in [2.24, 2.45) is 4.99 Å². The number of ether oxygens (including phenoxy) is 1. The largest absolute Gasteiger partial charge is 0.484 e. The molecule has 0 fully saturated rings. The number of hydrogen-bond donors (Lipinski definition) is 2. The number of benzene rings is 1. The van der Waals surface area contributed by atoms with Gasteiger partial charge in [0.05, 0.1) is 0 Å². The average molecular weight is 303 g/mol. The lowest BCUT2D eigenvalue weighted by Gasteiger charge is -2.15. The van der Waals surface area contributed by atoms with E-state index >= 15 is 0 Å². The number of rotatable bonds is 6. The van der Waals surface area contributed by atoms with Gasteiger partial charge in [-0.1, -0.05) is 25.1 Å². The van der Waals surface area contributed by atoms with E-state index in [1.54, 1.807) is 25.2 Å². The number of alkyl halides is 3. The van der Waals surface area contributed by atoms with Crippen LogP contribution in [0.4, 0.5) is 13.2 Å². The van der Waals surface area contributed by atoms with Gasteiger partial charge in [0.25, 0.3) is 0 Å². The van der Waals surface area contributed by atoms with Crippen molar-refractivity contribution in [3.8, 4) is 5.75 Å². The number of nitrogens with one attached hydrogen (secondary N) is 2. The standard InChI is InChI=1S/C14H20F3N3O/c1-3-8-19-13(18-2)20-9-11-6-4-5-7-12(11)21-10-14(15,16)17/h4-7H,3,8-10H2,1-2H3,(H2,18,19,20). The van der Waals surface area contributed by atoms with Crippen LogP contribution in [0, 0.1) is 0 Å². The molecule has 0 aliphatic rings. The topological polar surface area (TPSA) is 45.7 Å². The number of hydrogen-bond acceptors (Lipinski definition) is 2. The minimum atomic E-state index is -4.35. The highest BCUT2D eigenvalue weighted by atomic mass is 19.4. The van der Waals surface area contributed by atoms with Crippen LogP contribution in [0.1, 0.15) is 18.9 Å². The summed E-state index contributed by atoms with van der Waals surface area (Å²) in [5, 5.41) is 6.12. The number of aliphatic imine (C=N–C) groups is 1. The Morgan fingerprint density at radius 2 is 1.95 bits per heavy atom. The van der Waals surface area contributed by atoms with Crippen LogP contribution in [0.2, 0.25) is 0 Å². The second-order valence-electron chi connectivity index (χ2n) is 4.36. The summed E-state index contributed by atoms with van der Waals surface area (Å²) in [6, 6.07) is 6.62. The van der Waals surface area contributed by atoms with Crippen LogP contribution in [0.5, 0.6) is 5.75 Å². The summed E-state index contributed by atoms with van der Waals surface area (Å²) in [5.41, 5.74) is 0.640. The molecule has 0 amide bonds. The Labute approximate surface area is 122 Å². The SMILES string of the molecule is CCCNC(=NC)NCc1ccccc1OCC(F)(F)F. The maximum atomic E-state index is 12.2. The van der Waals surface area contributed by atoms with Crippen molar-refractivity contribution in [1.82, 2.24) is 10.6 Å². The molecule has 0 radical (unpaired) electrons. The first-order valence-corrected chi connectivity index (χ1v) is 6.68. The Bertz CT molecular complexity index is 461. The Hall–Kier alpha value is -1.92. The van der Waals surface area contributed by atoms with Crippen LogP contribution in [-0.4, -0.2) is 32.3 Å². The molecule has 0 aliphatic carbocycles. The summed E-state index contributed by atoms with van der Waals surface area (Å²) in [5.74, 6) is 0.816. The molecule has 0 saturated carbocycles. The van der Waals surface area contributed by atoms with E-state index in [1.165, 1.54) is 6.07 Å². The number of nitrogens with zero attached hydrogens (tertiary/aromatic N) is 1. The molecule has 1 rings (SSSR count). The molecule has 1 aromatic carbocycles. The first-order valence-electron chi connectivity index (χ1n) is 6.68. The van der Waals surface area contributed by atoms with Gasteiger partial charge in [-0.25, -0.2) is 0 Å². The van der Waals surface area contributed by atoms with Crippen LogP contribution in [0.3, 0.4) is 0 Å². The first-order chi connectivity index (χ1) is 9.96. The Morgan fingerprint density at radius 1 is 1.24 bits per heavy atom. The van der Waals surface area contributed by atoms with Crippen molar-refractivity contribution < 1.29 is 17.9 Å². The number of para-hydroxylation sites is 1. The molecule has 21 heavy (non-hydrogen) atoms. The smallest absolute Gasteiger partial charge is 0.422 e. The van der Waals surface area contributed by atoms with Gasteiger partial charge in [0, 0.05) is 25.7 Å². The van der Waals surface area contributed by atoms with E-state index in [0.29, 0.717) is 18.1 Å². The summed E-state index contributed by atoms with van der Waals surface area (Å²) in [6.07, 6.45) is -3.40. The average Bonchev–Trinajstić information content (AvgIpc) is 2.45. The predicted octanol–water partition coefficient (Wildman–Crippen LogP) is 2.70. The summed E-state index contributed by atoms with van der Waals surface area (Å²) < 4.78 is 41.5. The van der Waals surface area contributed by atoms with E-state index in [1.807, 2.05) is 6.92 Å². The van der Waals surface area contributed by atoms with Gasteiger partial charge >= 0.3 is 6.18 Å². The second kappa shape index (κ2) is 8.39. The lowest BCUT2D eigenvalue weighted by molar-refractivity contribution is -0.153. The van der Waals surface area contributed by atoms with Gasteiger partial charge in [-0.05, 0) is 12.5 Å². The molecular weight excluding hydrogens is 283 g/mol. The Balaban J connectivity index is 2.62. The Morgan fingerprint density at radius 3 is 2.57 bits per heavy atom. The molecule has 0 bridgehead atoms. The molecule has 2 N–H and O–H groups in total. The molecule has 0 aliphatic heterocycles. The van der Waals surface area contributed by atoms with Crippen LogP contribution < -0.4 is 15.4 Å². The van der Waals surface area contributed by atoms with Gasteiger partial charge in [0.15, 0.2) is 12.6 Å². The minimum absolute atomic E-state index is 0.216. The molecule has 4 nitrogen and oxygen atoms in total. The normalized spacial score (nSPS) is 12.1. The zero-order valence-corrected chi connectivity index (χ0v) is 12.1. The van der Waals surface area contributed by atoms with E-state index in [0.717, 1.165) is 13.0 Å². The monoisotopic (exact) mass is 303 g/mol. The van der Waals surface area contributed by atoms with E-state index < -0.39 is 12.8 Å². The molecule has 0 atom stereocenters. The van der Waals surface area contributed by atoms with Crippen LogP contribution in [-0.2, 0) is 6.54 Å². The van der Waals surface area contributed by atoms with Gasteiger partial charge in [-0.15, -0.1) is 0 Å². The van der Waals surface area contributed by atoms with Crippen LogP contribution >= 0.6 is 0 Å². The molecular formula is C14H20F3N3O. The highest BCUT2D eigenvalue weighted by Gasteiger charge is 2.28. The first kappa shape index (κ1) is 17.1. The third kappa shape index (κ3) is 6.87. The van der Waals surface area contributed by atoms with E-state index in [-0.39, 0.29) is 5.75 Å². The third-order valence-corrected chi connectivity index (χ3v) is 2.58. The summed E-state index contributed by atoms with van der Waals surface area (Å²) in [7, 11) is 1.64. The lowest BCUT2D eigenvalue weighted by Crippen LogP contribution is -2.37. The zero-order valence-electron chi connectivity index (χ0n) is 12.1. The van der Waals surface area contributed by atoms with Crippen molar-refractivity contribution in [2.75, 3.05) is 20.2 Å². The molecule has 0 saturated heterocycles. The van der Waals surface area contributed by atoms with Crippen molar-refractivity contribution in [3.63, 3.8) is 0 Å². The van der Waals surface area contributed by atoms with E-state index in [4.69, 9.17) is 4.74 Å². The molecule has 0 unspecified atom stereocenters. The highest BCUT2D eigenvalue weighted by molar-refractivity contribution is 5.79. The van der Waals surface area contributed by atoms with Crippen molar-refractivity contribution in [1.29, 1.82) is 0 Å². The zero-order chi connectivity index (χ0) is 15.7. The molecule has 118 valence electrons. The van der Waals surface area contributed by atoms with Crippen molar-refractivity contribution in [3.05, 3.63) is 29.8 Å². The van der Waals surface area contributed by atoms with Gasteiger partial charge in [-0.2, -0.15) is 13.2 Å². The molecule has 0 aromatic heterocycles. The quantitative estimate of drug-likeness (QED) is 0.627. The molecule has 1 aromatic rings. The maximum absolute atomic E-state index is 12.2. The van der Waals surface area contributed by atoms with Gasteiger partial charge in [0.2, 0.25) is 0 Å². The maximum Gasteiger partial charge on any atom is 0.422 e. The summed E-state index contributed by atoms with van der Waals surface area (Å²) in [4.78, 5) is 4.03. The third-order valence-electron chi connectivity index (χ3n) is 2.58. The van der Waals surface area contributed by atoms with Gasteiger partial charge in [0.1, 0.15) is 5.75 Å². The van der Waals surface area contributed by atoms with E-state index in [9.17, 15) is 13.2 Å². The van der Waals surface area contributed by atoms with Crippen molar-refractivity contribution >= 4 is 5.96 Å². The minimum Gasteiger partial charge on any atom is -0.484 e. The molecule has 7 heteroatoms. The van der Waals surface area contributed by atoms with Gasteiger partial charge in [-0.3, -0.25) is 4.99 Å². The fraction of sp³-hybridized carbons (Fsp3) is 0.500. The Kier molecular flexibility index (Phi) is 6.84. The summed E-state index contributed by atoms with van der Waals surface area (Å²) >= 11 is 0. The highest BCUT2D eigenvalue weighted by Crippen LogP contribution is 2.21. The van der Waals surface area contributed by atoms with Gasteiger partial charge < -0.3 is 15.4 Å². The second-order valence-corrected chi connectivity index (χ2v) is 4.36. The fourth-order valence-corrected chi connectivity index (χ4v) is 1.59. The summed E-state index contributed by atoms with van der Waals surface area (Å²) in [6.45, 7) is 1.83. The molecule has 0 heterocycles. The fourth-order valence-electron chi connectivity index (χ4n) is 1.59. The van der Waals surface area contributed by atoms with Crippen LogP contribution in [0.15, 0.2) is 29.3 Å².